The Morgan fingerprint density at radius 2 is 1.06 bits per heavy atom. The van der Waals surface area contributed by atoms with Crippen molar-refractivity contribution in [3.05, 3.63) is 102 Å². The van der Waals surface area contributed by atoms with Crippen molar-refractivity contribution < 1.29 is 0 Å². The van der Waals surface area contributed by atoms with Gasteiger partial charge in [0.1, 0.15) is 0 Å². The molecule has 0 bridgehead atoms. The summed E-state index contributed by atoms with van der Waals surface area (Å²) >= 11 is 0. The molecule has 0 aliphatic rings. The Kier molecular flexibility index (Phi) is 4.79. The lowest BCUT2D eigenvalue weighted by molar-refractivity contribution is 1.25. The average Bonchev–Trinajstić information content (AvgIpc) is 2.79. The largest absolute Gasteiger partial charge is 0.265 e. The summed E-state index contributed by atoms with van der Waals surface area (Å²) in [6.07, 6.45) is 3.64. The van der Waals surface area contributed by atoms with Gasteiger partial charge in [-0.25, -0.2) is 9.97 Å². The maximum Gasteiger partial charge on any atom is 0.0978 e. The van der Waals surface area contributed by atoms with Gasteiger partial charge in [-0.1, -0.05) is 54.1 Å². The summed E-state index contributed by atoms with van der Waals surface area (Å²) in [5.41, 5.74) is 11.9. The molecule has 0 aliphatic carbocycles. The fraction of sp³-hybridized carbons (Fsp3) is 0.107. The van der Waals surface area contributed by atoms with Crippen LogP contribution in [0.4, 0.5) is 0 Å². The number of fused-ring (bicyclic) bond motifs is 1. The number of pyridine rings is 1. The van der Waals surface area contributed by atoms with Crippen molar-refractivity contribution in [2.45, 2.75) is 20.8 Å². The molecular weight excluding hydrogens is 378 g/mol. The summed E-state index contributed by atoms with van der Waals surface area (Å²) < 4.78 is 0. The second-order valence-corrected chi connectivity index (χ2v) is 8.00. The van der Waals surface area contributed by atoms with E-state index in [1.165, 1.54) is 16.7 Å². The summed E-state index contributed by atoms with van der Waals surface area (Å²) in [5.74, 6) is 0. The van der Waals surface area contributed by atoms with Gasteiger partial charge in [-0.05, 0) is 67.3 Å². The molecular formula is C28H23N3. The molecule has 0 unspecified atom stereocenters. The number of nitrogens with zero attached hydrogens (tertiary/aromatic N) is 3. The highest BCUT2D eigenvalue weighted by molar-refractivity contribution is 5.88. The standard InChI is InChI=1S/C28H23N3/c1-18-16-19(2)26(20(3)17-18)28-27(30-24-6-4-5-7-25(24)31-28)23-10-8-21(9-11-23)22-12-14-29-15-13-22/h4-17H,1-3H3. The van der Waals surface area contributed by atoms with Crippen LogP contribution in [0, 0.1) is 20.8 Å². The third-order valence-electron chi connectivity index (χ3n) is 5.66. The fourth-order valence-electron chi connectivity index (χ4n) is 4.29. The van der Waals surface area contributed by atoms with Gasteiger partial charge in [-0.3, -0.25) is 4.98 Å². The van der Waals surface area contributed by atoms with Gasteiger partial charge in [-0.2, -0.15) is 0 Å². The van der Waals surface area contributed by atoms with E-state index in [-0.39, 0.29) is 0 Å². The maximum absolute atomic E-state index is 5.08. The molecule has 5 rings (SSSR count). The molecule has 0 saturated carbocycles. The van der Waals surface area contributed by atoms with Crippen molar-refractivity contribution in [3.63, 3.8) is 0 Å². The lowest BCUT2D eigenvalue weighted by atomic mass is 9.93. The fourth-order valence-corrected chi connectivity index (χ4v) is 4.29. The van der Waals surface area contributed by atoms with Gasteiger partial charge in [0.15, 0.2) is 0 Å². The van der Waals surface area contributed by atoms with Gasteiger partial charge in [0, 0.05) is 23.5 Å². The molecule has 2 heterocycles. The highest BCUT2D eigenvalue weighted by Crippen LogP contribution is 2.36. The molecule has 0 amide bonds. The summed E-state index contributed by atoms with van der Waals surface area (Å²) in [4.78, 5) is 14.3. The Balaban J connectivity index is 1.72. The molecule has 2 aromatic heterocycles. The van der Waals surface area contributed by atoms with E-state index in [4.69, 9.17) is 9.97 Å². The van der Waals surface area contributed by atoms with E-state index in [0.29, 0.717) is 0 Å². The Labute approximate surface area is 182 Å². The van der Waals surface area contributed by atoms with Crippen LogP contribution < -0.4 is 0 Å². The molecule has 3 aromatic carbocycles. The Morgan fingerprint density at radius 3 is 1.68 bits per heavy atom. The molecule has 3 heteroatoms. The zero-order chi connectivity index (χ0) is 21.4. The molecule has 0 saturated heterocycles. The first-order valence-electron chi connectivity index (χ1n) is 10.5. The Bertz CT molecular complexity index is 1360. The second-order valence-electron chi connectivity index (χ2n) is 8.00. The van der Waals surface area contributed by atoms with Crippen molar-refractivity contribution in [2.24, 2.45) is 0 Å². The van der Waals surface area contributed by atoms with E-state index in [2.05, 4.69) is 62.2 Å². The van der Waals surface area contributed by atoms with Crippen LogP contribution in [0.15, 0.2) is 85.2 Å². The number of aromatic nitrogens is 3. The molecule has 31 heavy (non-hydrogen) atoms. The zero-order valence-electron chi connectivity index (χ0n) is 17.9. The van der Waals surface area contributed by atoms with Gasteiger partial charge in [-0.15, -0.1) is 0 Å². The number of para-hydroxylation sites is 2. The number of benzene rings is 3. The Hall–Kier alpha value is -3.85. The van der Waals surface area contributed by atoms with Crippen LogP contribution in [-0.2, 0) is 0 Å². The SMILES string of the molecule is Cc1cc(C)c(-c2nc3ccccc3nc2-c2ccc(-c3ccncc3)cc2)c(C)c1. The third-order valence-corrected chi connectivity index (χ3v) is 5.66. The molecule has 5 aromatic rings. The minimum Gasteiger partial charge on any atom is -0.265 e. The van der Waals surface area contributed by atoms with E-state index in [0.717, 1.165) is 44.7 Å². The van der Waals surface area contributed by atoms with Crippen LogP contribution >= 0.6 is 0 Å². The lowest BCUT2D eigenvalue weighted by Crippen LogP contribution is -1.99. The van der Waals surface area contributed by atoms with Crippen molar-refractivity contribution in [3.8, 4) is 33.6 Å². The minimum absolute atomic E-state index is 0.905. The molecule has 0 N–H and O–H groups in total. The maximum atomic E-state index is 5.08. The van der Waals surface area contributed by atoms with Crippen LogP contribution in [-0.4, -0.2) is 15.0 Å². The number of hydrogen-bond acceptors (Lipinski definition) is 3. The molecule has 0 fully saturated rings. The van der Waals surface area contributed by atoms with Crippen LogP contribution in [0.25, 0.3) is 44.7 Å². The molecule has 150 valence electrons. The van der Waals surface area contributed by atoms with Gasteiger partial charge in [0.05, 0.1) is 22.4 Å². The van der Waals surface area contributed by atoms with Crippen LogP contribution in [0.5, 0.6) is 0 Å². The van der Waals surface area contributed by atoms with Crippen LogP contribution in [0.1, 0.15) is 16.7 Å². The third kappa shape index (κ3) is 3.59. The molecule has 0 spiro atoms. The topological polar surface area (TPSA) is 38.7 Å². The van der Waals surface area contributed by atoms with E-state index in [1.54, 1.807) is 0 Å². The minimum atomic E-state index is 0.905. The number of aryl methyl sites for hydroxylation is 3. The van der Waals surface area contributed by atoms with Crippen molar-refractivity contribution in [2.75, 3.05) is 0 Å². The zero-order valence-corrected chi connectivity index (χ0v) is 17.9. The average molecular weight is 402 g/mol. The second kappa shape index (κ2) is 7.77. The quantitative estimate of drug-likeness (QED) is 0.328. The first-order chi connectivity index (χ1) is 15.1. The van der Waals surface area contributed by atoms with E-state index in [1.807, 2.05) is 48.8 Å². The smallest absolute Gasteiger partial charge is 0.0978 e. The van der Waals surface area contributed by atoms with Crippen LogP contribution in [0.2, 0.25) is 0 Å². The highest BCUT2D eigenvalue weighted by atomic mass is 14.8. The summed E-state index contributed by atoms with van der Waals surface area (Å²) in [6, 6.07) is 25.1. The number of hydrogen-bond donors (Lipinski definition) is 0. The normalized spacial score (nSPS) is 11.1. The molecule has 0 atom stereocenters. The predicted octanol–water partition coefficient (Wildman–Crippen LogP) is 6.95. The van der Waals surface area contributed by atoms with Gasteiger partial charge in [0.2, 0.25) is 0 Å². The van der Waals surface area contributed by atoms with Crippen molar-refractivity contribution in [1.82, 2.24) is 15.0 Å². The summed E-state index contributed by atoms with van der Waals surface area (Å²) in [7, 11) is 0. The summed E-state index contributed by atoms with van der Waals surface area (Å²) in [5, 5.41) is 0. The van der Waals surface area contributed by atoms with Crippen LogP contribution in [0.3, 0.4) is 0 Å². The molecule has 0 aliphatic heterocycles. The van der Waals surface area contributed by atoms with Crippen molar-refractivity contribution in [1.29, 1.82) is 0 Å². The number of rotatable bonds is 3. The van der Waals surface area contributed by atoms with Crippen molar-refractivity contribution >= 4 is 11.0 Å². The Morgan fingerprint density at radius 1 is 0.548 bits per heavy atom. The first kappa shape index (κ1) is 19.1. The van der Waals surface area contributed by atoms with E-state index >= 15 is 0 Å². The predicted molar refractivity (Wildman–Crippen MR) is 128 cm³/mol. The van der Waals surface area contributed by atoms with Gasteiger partial charge >= 0.3 is 0 Å². The lowest BCUT2D eigenvalue weighted by Gasteiger charge is -2.16. The van der Waals surface area contributed by atoms with E-state index < -0.39 is 0 Å². The first-order valence-corrected chi connectivity index (χ1v) is 10.5. The monoisotopic (exact) mass is 401 g/mol. The van der Waals surface area contributed by atoms with E-state index in [9.17, 15) is 0 Å². The summed E-state index contributed by atoms with van der Waals surface area (Å²) in [6.45, 7) is 6.44. The highest BCUT2D eigenvalue weighted by Gasteiger charge is 2.17. The molecule has 3 nitrogen and oxygen atoms in total. The van der Waals surface area contributed by atoms with Gasteiger partial charge in [0.25, 0.3) is 0 Å². The van der Waals surface area contributed by atoms with Gasteiger partial charge < -0.3 is 0 Å². The molecule has 0 radical (unpaired) electrons.